The van der Waals surface area contributed by atoms with E-state index >= 15 is 0 Å². The average Bonchev–Trinajstić information content (AvgIpc) is 2.49. The zero-order valence-electron chi connectivity index (χ0n) is 11.3. The van der Waals surface area contributed by atoms with Gasteiger partial charge in [0.1, 0.15) is 23.1 Å². The molecule has 0 fully saturated rings. The van der Waals surface area contributed by atoms with Gasteiger partial charge in [0.05, 0.1) is 29.6 Å². The van der Waals surface area contributed by atoms with Crippen molar-refractivity contribution in [3.63, 3.8) is 0 Å². The zero-order valence-corrected chi connectivity index (χ0v) is 13.6. The van der Waals surface area contributed by atoms with E-state index in [0.29, 0.717) is 17.1 Å². The van der Waals surface area contributed by atoms with Crippen LogP contribution in [0.15, 0.2) is 34.8 Å². The summed E-state index contributed by atoms with van der Waals surface area (Å²) in [7, 11) is 2.95. The fourth-order valence-corrected chi connectivity index (χ4v) is 2.72. The molecule has 0 aliphatic carbocycles. The van der Waals surface area contributed by atoms with Crippen LogP contribution in [-0.4, -0.2) is 14.2 Å². The number of ether oxygens (including phenoxy) is 2. The van der Waals surface area contributed by atoms with Gasteiger partial charge in [0.15, 0.2) is 0 Å². The number of rotatable bonds is 4. The summed E-state index contributed by atoms with van der Waals surface area (Å²) in [4.78, 5) is 0. The molecule has 0 amide bonds. The quantitative estimate of drug-likeness (QED) is 0.547. The van der Waals surface area contributed by atoms with Crippen LogP contribution < -0.4 is 9.47 Å². The fraction of sp³-hybridized carbons (Fsp3) is 0.200. The second-order valence-corrected chi connectivity index (χ2v) is 5.52. The molecule has 0 aliphatic rings. The van der Waals surface area contributed by atoms with E-state index in [4.69, 9.17) is 21.1 Å². The average molecular weight is 378 g/mol. The fourth-order valence-electron chi connectivity index (χ4n) is 2.02. The van der Waals surface area contributed by atoms with Gasteiger partial charge in [-0.05, 0) is 40.2 Å². The standard InChI is InChI=1S/C15H12BrClF2O2/c1-20-12-4-3-5-13(21-2)14(12)15(17)8-6-11(19)9(16)7-10(8)18/h3-7,15H,1-2H3. The van der Waals surface area contributed by atoms with E-state index < -0.39 is 17.0 Å². The van der Waals surface area contributed by atoms with Gasteiger partial charge in [-0.25, -0.2) is 8.78 Å². The van der Waals surface area contributed by atoms with Gasteiger partial charge < -0.3 is 9.47 Å². The second kappa shape index (κ2) is 6.62. The molecule has 2 nitrogen and oxygen atoms in total. The number of benzene rings is 2. The van der Waals surface area contributed by atoms with E-state index in [0.717, 1.165) is 12.1 Å². The van der Waals surface area contributed by atoms with Crippen molar-refractivity contribution < 1.29 is 18.3 Å². The molecule has 6 heteroatoms. The van der Waals surface area contributed by atoms with Crippen molar-refractivity contribution in [2.45, 2.75) is 5.38 Å². The highest BCUT2D eigenvalue weighted by atomic mass is 79.9. The molecule has 0 saturated heterocycles. The monoisotopic (exact) mass is 376 g/mol. The van der Waals surface area contributed by atoms with E-state index in [1.165, 1.54) is 14.2 Å². The molecule has 0 N–H and O–H groups in total. The van der Waals surface area contributed by atoms with Crippen molar-refractivity contribution in [3.05, 3.63) is 57.6 Å². The third kappa shape index (κ3) is 3.14. The Morgan fingerprint density at radius 1 is 1.05 bits per heavy atom. The van der Waals surface area contributed by atoms with Crippen molar-refractivity contribution in [1.82, 2.24) is 0 Å². The van der Waals surface area contributed by atoms with E-state index in [2.05, 4.69) is 15.9 Å². The molecule has 0 aromatic heterocycles. The molecule has 0 saturated carbocycles. The van der Waals surface area contributed by atoms with E-state index in [1.54, 1.807) is 18.2 Å². The molecule has 21 heavy (non-hydrogen) atoms. The third-order valence-corrected chi connectivity index (χ3v) is 4.09. The molecule has 112 valence electrons. The Morgan fingerprint density at radius 3 is 2.14 bits per heavy atom. The lowest BCUT2D eigenvalue weighted by Crippen LogP contribution is -2.03. The van der Waals surface area contributed by atoms with Crippen molar-refractivity contribution in [3.8, 4) is 11.5 Å². The smallest absolute Gasteiger partial charge is 0.137 e. The van der Waals surface area contributed by atoms with Gasteiger partial charge in [0, 0.05) is 5.56 Å². The Hall–Kier alpha value is -1.33. The van der Waals surface area contributed by atoms with Gasteiger partial charge in [0.2, 0.25) is 0 Å². The SMILES string of the molecule is COc1cccc(OC)c1C(Cl)c1cc(F)c(Br)cc1F. The van der Waals surface area contributed by atoms with Gasteiger partial charge in [-0.2, -0.15) is 0 Å². The molecular formula is C15H12BrClF2O2. The zero-order chi connectivity index (χ0) is 15.6. The number of hydrogen-bond donors (Lipinski definition) is 0. The first kappa shape index (κ1) is 16.0. The summed E-state index contributed by atoms with van der Waals surface area (Å²) in [5, 5.41) is -0.946. The molecule has 0 bridgehead atoms. The Bertz CT molecular complexity index is 642. The van der Waals surface area contributed by atoms with Crippen LogP contribution in [0, 0.1) is 11.6 Å². The minimum atomic E-state index is -0.946. The lowest BCUT2D eigenvalue weighted by atomic mass is 10.0. The highest BCUT2D eigenvalue weighted by Gasteiger charge is 2.24. The lowest BCUT2D eigenvalue weighted by Gasteiger charge is -2.18. The first-order valence-corrected chi connectivity index (χ1v) is 7.22. The van der Waals surface area contributed by atoms with Gasteiger partial charge in [-0.3, -0.25) is 0 Å². The lowest BCUT2D eigenvalue weighted by molar-refractivity contribution is 0.385. The molecule has 1 atom stereocenters. The number of alkyl halides is 1. The number of methoxy groups -OCH3 is 2. The van der Waals surface area contributed by atoms with Gasteiger partial charge in [-0.1, -0.05) is 6.07 Å². The van der Waals surface area contributed by atoms with Crippen molar-refractivity contribution in [1.29, 1.82) is 0 Å². The molecule has 2 aromatic carbocycles. The van der Waals surface area contributed by atoms with Crippen molar-refractivity contribution in [2.75, 3.05) is 14.2 Å². The summed E-state index contributed by atoms with van der Waals surface area (Å²) in [6.07, 6.45) is 0. The Morgan fingerprint density at radius 2 is 1.62 bits per heavy atom. The van der Waals surface area contributed by atoms with Crippen LogP contribution in [0.5, 0.6) is 11.5 Å². The summed E-state index contributed by atoms with van der Waals surface area (Å²) < 4.78 is 38.3. The molecule has 2 aromatic rings. The Kier molecular flexibility index (Phi) is 5.06. The van der Waals surface area contributed by atoms with Gasteiger partial charge >= 0.3 is 0 Å². The van der Waals surface area contributed by atoms with Crippen LogP contribution in [0.2, 0.25) is 0 Å². The van der Waals surface area contributed by atoms with E-state index in [1.807, 2.05) is 0 Å². The molecule has 1 unspecified atom stereocenters. The van der Waals surface area contributed by atoms with Gasteiger partial charge in [0.25, 0.3) is 0 Å². The summed E-state index contributed by atoms with van der Waals surface area (Å²) in [6, 6.07) is 7.19. The minimum absolute atomic E-state index is 0.0140. The first-order chi connectivity index (χ1) is 9.99. The molecule has 0 radical (unpaired) electrons. The highest BCUT2D eigenvalue weighted by Crippen LogP contribution is 2.42. The molecular weight excluding hydrogens is 366 g/mol. The van der Waals surface area contributed by atoms with E-state index in [-0.39, 0.29) is 10.0 Å². The van der Waals surface area contributed by atoms with Crippen molar-refractivity contribution in [2.24, 2.45) is 0 Å². The van der Waals surface area contributed by atoms with Crippen LogP contribution in [0.1, 0.15) is 16.5 Å². The second-order valence-electron chi connectivity index (χ2n) is 4.23. The van der Waals surface area contributed by atoms with Crippen LogP contribution in [-0.2, 0) is 0 Å². The maximum Gasteiger partial charge on any atom is 0.137 e. The largest absolute Gasteiger partial charge is 0.496 e. The normalized spacial score (nSPS) is 12.1. The summed E-state index contributed by atoms with van der Waals surface area (Å²) in [6.45, 7) is 0. The molecule has 2 rings (SSSR count). The first-order valence-electron chi connectivity index (χ1n) is 5.99. The van der Waals surface area contributed by atoms with Crippen LogP contribution in [0.4, 0.5) is 8.78 Å². The van der Waals surface area contributed by atoms with Crippen LogP contribution in [0.3, 0.4) is 0 Å². The highest BCUT2D eigenvalue weighted by molar-refractivity contribution is 9.10. The van der Waals surface area contributed by atoms with Crippen LogP contribution in [0.25, 0.3) is 0 Å². The third-order valence-electron chi connectivity index (χ3n) is 3.03. The number of halogens is 4. The number of hydrogen-bond acceptors (Lipinski definition) is 2. The summed E-state index contributed by atoms with van der Waals surface area (Å²) in [5.74, 6) is -0.323. The molecule has 0 heterocycles. The predicted molar refractivity (Wildman–Crippen MR) is 81.3 cm³/mol. The molecule has 0 aliphatic heterocycles. The maximum atomic E-state index is 14.1. The van der Waals surface area contributed by atoms with Gasteiger partial charge in [-0.15, -0.1) is 11.6 Å². The molecule has 0 spiro atoms. The van der Waals surface area contributed by atoms with Crippen molar-refractivity contribution >= 4 is 27.5 Å². The summed E-state index contributed by atoms with van der Waals surface area (Å²) in [5.41, 5.74) is 0.463. The van der Waals surface area contributed by atoms with Crippen LogP contribution >= 0.6 is 27.5 Å². The Labute approximate surface area is 134 Å². The van der Waals surface area contributed by atoms with E-state index in [9.17, 15) is 8.78 Å². The topological polar surface area (TPSA) is 18.5 Å². The maximum absolute atomic E-state index is 14.1. The summed E-state index contributed by atoms with van der Waals surface area (Å²) >= 11 is 9.28. The Balaban J connectivity index is 2.59. The minimum Gasteiger partial charge on any atom is -0.496 e. The predicted octanol–water partition coefficient (Wildman–Crippen LogP) is 5.07.